The van der Waals surface area contributed by atoms with E-state index in [0.29, 0.717) is 13.2 Å². The van der Waals surface area contributed by atoms with Crippen LogP contribution in [0.3, 0.4) is 0 Å². The van der Waals surface area contributed by atoms with Gasteiger partial charge in [0.05, 0.1) is 19.8 Å². The summed E-state index contributed by atoms with van der Waals surface area (Å²) in [7, 11) is 0. The number of benzene rings is 1. The summed E-state index contributed by atoms with van der Waals surface area (Å²) in [5, 5.41) is 0. The van der Waals surface area contributed by atoms with E-state index in [2.05, 4.69) is 26.0 Å². The number of ether oxygens (including phenoxy) is 3. The molecule has 0 saturated carbocycles. The minimum Gasteiger partial charge on any atom is -0.494 e. The third-order valence-electron chi connectivity index (χ3n) is 3.26. The minimum absolute atomic E-state index is 0.589. The van der Waals surface area contributed by atoms with Gasteiger partial charge in [-0.1, -0.05) is 13.8 Å². The van der Waals surface area contributed by atoms with Crippen LogP contribution in [0.5, 0.6) is 5.75 Å². The van der Waals surface area contributed by atoms with Crippen LogP contribution in [0.1, 0.15) is 38.3 Å². The van der Waals surface area contributed by atoms with Crippen molar-refractivity contribution < 1.29 is 14.2 Å². The Hall–Kier alpha value is -1.06. The summed E-state index contributed by atoms with van der Waals surface area (Å²) < 4.78 is 17.1. The van der Waals surface area contributed by atoms with Crippen LogP contribution in [0.4, 0.5) is 0 Å². The zero-order chi connectivity index (χ0) is 13.0. The van der Waals surface area contributed by atoms with Crippen molar-refractivity contribution in [3.8, 4) is 5.75 Å². The van der Waals surface area contributed by atoms with Crippen LogP contribution >= 0.6 is 0 Å². The fourth-order valence-electron chi connectivity index (χ4n) is 2.29. The van der Waals surface area contributed by atoms with Gasteiger partial charge in [0.1, 0.15) is 5.75 Å². The zero-order valence-corrected chi connectivity index (χ0v) is 11.5. The Labute approximate surface area is 109 Å². The molecular weight excluding hydrogens is 228 g/mol. The quantitative estimate of drug-likeness (QED) is 0.802. The van der Waals surface area contributed by atoms with Crippen molar-refractivity contribution in [2.45, 2.75) is 39.4 Å². The Bertz CT molecular complexity index is 395. The number of rotatable bonds is 5. The number of hydrogen-bond donors (Lipinski definition) is 0. The summed E-state index contributed by atoms with van der Waals surface area (Å²) in [6.45, 7) is 8.31. The van der Waals surface area contributed by atoms with Crippen LogP contribution in [-0.4, -0.2) is 19.8 Å². The van der Waals surface area contributed by atoms with Gasteiger partial charge in [-0.05, 0) is 43.5 Å². The Balaban J connectivity index is 2.25. The molecule has 1 aromatic carbocycles. The van der Waals surface area contributed by atoms with Gasteiger partial charge in [0, 0.05) is 5.56 Å². The molecule has 0 amide bonds. The van der Waals surface area contributed by atoms with E-state index < -0.39 is 5.79 Å². The van der Waals surface area contributed by atoms with Crippen molar-refractivity contribution in [3.63, 3.8) is 0 Å². The molecular formula is C15H22O3. The van der Waals surface area contributed by atoms with Crippen molar-refractivity contribution in [1.29, 1.82) is 0 Å². The molecule has 0 bridgehead atoms. The Morgan fingerprint density at radius 1 is 1.22 bits per heavy atom. The molecule has 0 atom stereocenters. The summed E-state index contributed by atoms with van der Waals surface area (Å²) in [6, 6.07) is 6.16. The molecule has 1 aliphatic heterocycles. The van der Waals surface area contributed by atoms with Gasteiger partial charge in [0.15, 0.2) is 5.79 Å². The molecule has 1 fully saturated rings. The Kier molecular flexibility index (Phi) is 4.25. The Morgan fingerprint density at radius 3 is 2.56 bits per heavy atom. The maximum atomic E-state index is 5.73. The standard InChI is InChI=1S/C15H22O3/c1-4-8-16-13-6-7-14(12(5-2)11-13)15(3)17-9-10-18-15/h6-7,11H,4-5,8-10H2,1-3H3. The molecule has 1 aromatic rings. The SMILES string of the molecule is CCCOc1ccc(C2(C)OCCO2)c(CC)c1. The lowest BCUT2D eigenvalue weighted by atomic mass is 9.98. The smallest absolute Gasteiger partial charge is 0.192 e. The van der Waals surface area contributed by atoms with Gasteiger partial charge in [-0.25, -0.2) is 0 Å². The average molecular weight is 250 g/mol. The molecule has 100 valence electrons. The molecule has 0 aliphatic carbocycles. The lowest BCUT2D eigenvalue weighted by Crippen LogP contribution is -2.24. The first-order chi connectivity index (χ1) is 8.69. The van der Waals surface area contributed by atoms with Crippen LogP contribution in [0.25, 0.3) is 0 Å². The van der Waals surface area contributed by atoms with E-state index in [1.54, 1.807) is 0 Å². The molecule has 0 N–H and O–H groups in total. The largest absolute Gasteiger partial charge is 0.494 e. The predicted octanol–water partition coefficient (Wildman–Crippen LogP) is 3.26. The van der Waals surface area contributed by atoms with Crippen LogP contribution in [-0.2, 0) is 21.7 Å². The summed E-state index contributed by atoms with van der Waals surface area (Å²) in [6.07, 6.45) is 1.97. The highest BCUT2D eigenvalue weighted by molar-refractivity contribution is 5.38. The monoisotopic (exact) mass is 250 g/mol. The second kappa shape index (κ2) is 5.72. The van der Waals surface area contributed by atoms with Crippen molar-refractivity contribution in [2.75, 3.05) is 19.8 Å². The van der Waals surface area contributed by atoms with Gasteiger partial charge in [-0.15, -0.1) is 0 Å². The summed E-state index contributed by atoms with van der Waals surface area (Å²) in [5.74, 6) is 0.341. The van der Waals surface area contributed by atoms with E-state index in [-0.39, 0.29) is 0 Å². The van der Waals surface area contributed by atoms with E-state index in [0.717, 1.165) is 30.8 Å². The second-order valence-electron chi connectivity index (χ2n) is 4.66. The van der Waals surface area contributed by atoms with Gasteiger partial charge >= 0.3 is 0 Å². The third-order valence-corrected chi connectivity index (χ3v) is 3.26. The van der Waals surface area contributed by atoms with Gasteiger partial charge in [-0.2, -0.15) is 0 Å². The Morgan fingerprint density at radius 2 is 1.94 bits per heavy atom. The molecule has 3 nitrogen and oxygen atoms in total. The van der Waals surface area contributed by atoms with Crippen LogP contribution in [0.2, 0.25) is 0 Å². The lowest BCUT2D eigenvalue weighted by Gasteiger charge is -2.25. The average Bonchev–Trinajstić information content (AvgIpc) is 2.84. The van der Waals surface area contributed by atoms with Crippen molar-refractivity contribution in [3.05, 3.63) is 29.3 Å². The molecule has 1 aliphatic rings. The van der Waals surface area contributed by atoms with E-state index in [4.69, 9.17) is 14.2 Å². The third kappa shape index (κ3) is 2.68. The first-order valence-corrected chi connectivity index (χ1v) is 6.73. The topological polar surface area (TPSA) is 27.7 Å². The van der Waals surface area contributed by atoms with Crippen molar-refractivity contribution in [1.82, 2.24) is 0 Å². The number of hydrogen-bond acceptors (Lipinski definition) is 3. The van der Waals surface area contributed by atoms with Crippen molar-refractivity contribution in [2.24, 2.45) is 0 Å². The summed E-state index contributed by atoms with van der Waals surface area (Å²) in [4.78, 5) is 0. The molecule has 2 rings (SSSR count). The highest BCUT2D eigenvalue weighted by Gasteiger charge is 2.34. The number of aryl methyl sites for hydroxylation is 1. The first kappa shape index (κ1) is 13.4. The highest BCUT2D eigenvalue weighted by Crippen LogP contribution is 2.34. The maximum absolute atomic E-state index is 5.73. The highest BCUT2D eigenvalue weighted by atomic mass is 16.7. The normalized spacial score (nSPS) is 17.9. The van der Waals surface area contributed by atoms with E-state index in [1.807, 2.05) is 13.0 Å². The van der Waals surface area contributed by atoms with E-state index in [9.17, 15) is 0 Å². The maximum Gasteiger partial charge on any atom is 0.192 e. The fourth-order valence-corrected chi connectivity index (χ4v) is 2.29. The first-order valence-electron chi connectivity index (χ1n) is 6.73. The predicted molar refractivity (Wildman–Crippen MR) is 70.9 cm³/mol. The molecule has 0 radical (unpaired) electrons. The summed E-state index contributed by atoms with van der Waals surface area (Å²) in [5.41, 5.74) is 2.35. The van der Waals surface area contributed by atoms with Gasteiger partial charge in [0.2, 0.25) is 0 Å². The molecule has 0 spiro atoms. The minimum atomic E-state index is -0.589. The van der Waals surface area contributed by atoms with Crippen LogP contribution < -0.4 is 4.74 Å². The molecule has 0 unspecified atom stereocenters. The van der Waals surface area contributed by atoms with Crippen LogP contribution in [0, 0.1) is 0 Å². The summed E-state index contributed by atoms with van der Waals surface area (Å²) >= 11 is 0. The van der Waals surface area contributed by atoms with Crippen molar-refractivity contribution >= 4 is 0 Å². The van der Waals surface area contributed by atoms with Gasteiger partial charge < -0.3 is 14.2 Å². The lowest BCUT2D eigenvalue weighted by molar-refractivity contribution is -0.150. The molecule has 1 saturated heterocycles. The van der Waals surface area contributed by atoms with E-state index >= 15 is 0 Å². The van der Waals surface area contributed by atoms with E-state index in [1.165, 1.54) is 5.56 Å². The molecule has 3 heteroatoms. The fraction of sp³-hybridized carbons (Fsp3) is 0.600. The van der Waals surface area contributed by atoms with Gasteiger partial charge in [-0.3, -0.25) is 0 Å². The molecule has 18 heavy (non-hydrogen) atoms. The second-order valence-corrected chi connectivity index (χ2v) is 4.66. The molecule has 1 heterocycles. The van der Waals surface area contributed by atoms with Gasteiger partial charge in [0.25, 0.3) is 0 Å². The van der Waals surface area contributed by atoms with Crippen LogP contribution in [0.15, 0.2) is 18.2 Å². The zero-order valence-electron chi connectivity index (χ0n) is 11.5. The molecule has 0 aromatic heterocycles.